The third-order valence-corrected chi connectivity index (χ3v) is 2.54. The summed E-state index contributed by atoms with van der Waals surface area (Å²) in [6.45, 7) is 1.82. The molecule has 0 bridgehead atoms. The molecule has 1 heterocycles. The van der Waals surface area contributed by atoms with Gasteiger partial charge in [0.05, 0.1) is 12.7 Å². The molecule has 0 spiro atoms. The van der Waals surface area contributed by atoms with Crippen LogP contribution in [-0.4, -0.2) is 27.6 Å². The van der Waals surface area contributed by atoms with E-state index in [1.54, 1.807) is 18.2 Å². The lowest BCUT2D eigenvalue weighted by atomic mass is 10.1. The molecule has 1 aromatic heterocycles. The zero-order chi connectivity index (χ0) is 14.0. The fraction of sp³-hybridized carbons (Fsp3) is 0.167. The maximum atomic E-state index is 11.5. The van der Waals surface area contributed by atoms with E-state index in [0.29, 0.717) is 11.3 Å². The summed E-state index contributed by atoms with van der Waals surface area (Å²) in [7, 11) is 1.30. The van der Waals surface area contributed by atoms with Crippen LogP contribution in [0.4, 0.5) is 5.82 Å². The number of carbonyl (C=O) groups excluding carboxylic acids is 1. The third kappa shape index (κ3) is 2.59. The highest BCUT2D eigenvalue weighted by Gasteiger charge is 2.13. The molecule has 0 atom stereocenters. The molecular formula is C12H11N3O4. The topological polar surface area (TPSA) is 87.3 Å². The summed E-state index contributed by atoms with van der Waals surface area (Å²) in [5, 5.41) is 10.6. The van der Waals surface area contributed by atoms with Crippen molar-refractivity contribution in [3.8, 4) is 5.69 Å². The van der Waals surface area contributed by atoms with E-state index in [2.05, 4.69) is 9.72 Å². The van der Waals surface area contributed by atoms with Gasteiger partial charge < -0.3 is 14.9 Å². The van der Waals surface area contributed by atoms with Gasteiger partial charge in [-0.05, 0) is 40.6 Å². The number of hydrogen-bond donors (Lipinski definition) is 0. The highest BCUT2D eigenvalue weighted by atomic mass is 16.6. The minimum atomic E-state index is -0.576. The number of carbonyl (C=O) groups is 1. The van der Waals surface area contributed by atoms with Gasteiger partial charge in [0.2, 0.25) is 6.33 Å². The molecule has 0 saturated carbocycles. The van der Waals surface area contributed by atoms with Gasteiger partial charge >= 0.3 is 11.8 Å². The Morgan fingerprint density at radius 3 is 2.74 bits per heavy atom. The normalized spacial score (nSPS) is 10.2. The first kappa shape index (κ1) is 12.7. The standard InChI is InChI=1S/C12H11N3O4/c1-8-3-9(12(16)19-2)5-10(4-8)14-6-11(13-7-14)15(17)18/h3-7H,1-2H3. The lowest BCUT2D eigenvalue weighted by Gasteiger charge is -2.05. The number of rotatable bonds is 3. The average Bonchev–Trinajstić information content (AvgIpc) is 2.86. The van der Waals surface area contributed by atoms with Crippen LogP contribution in [0.15, 0.2) is 30.7 Å². The van der Waals surface area contributed by atoms with E-state index in [9.17, 15) is 14.9 Å². The SMILES string of the molecule is COC(=O)c1cc(C)cc(-n2cnc([N+](=O)[O-])c2)c1. The zero-order valence-electron chi connectivity index (χ0n) is 10.4. The fourth-order valence-electron chi connectivity index (χ4n) is 1.70. The number of nitrogens with zero attached hydrogens (tertiary/aromatic N) is 3. The third-order valence-electron chi connectivity index (χ3n) is 2.54. The number of ether oxygens (including phenoxy) is 1. The van der Waals surface area contributed by atoms with Crippen molar-refractivity contribution in [2.45, 2.75) is 6.92 Å². The molecule has 0 N–H and O–H groups in total. The number of nitro groups is 1. The Labute approximate surface area is 108 Å². The van der Waals surface area contributed by atoms with E-state index < -0.39 is 10.9 Å². The van der Waals surface area contributed by atoms with Gasteiger partial charge in [0.1, 0.15) is 6.20 Å². The molecule has 0 fully saturated rings. The average molecular weight is 261 g/mol. The van der Waals surface area contributed by atoms with Crippen LogP contribution in [0.25, 0.3) is 5.69 Å². The van der Waals surface area contributed by atoms with Gasteiger partial charge in [-0.15, -0.1) is 0 Å². The van der Waals surface area contributed by atoms with E-state index in [1.807, 2.05) is 6.92 Å². The van der Waals surface area contributed by atoms with Gasteiger partial charge in [0, 0.05) is 5.69 Å². The largest absolute Gasteiger partial charge is 0.465 e. The predicted molar refractivity (Wildman–Crippen MR) is 66.3 cm³/mol. The highest BCUT2D eigenvalue weighted by Crippen LogP contribution is 2.17. The quantitative estimate of drug-likeness (QED) is 0.478. The van der Waals surface area contributed by atoms with Gasteiger partial charge in [-0.2, -0.15) is 0 Å². The molecule has 0 aliphatic rings. The number of benzene rings is 1. The van der Waals surface area contributed by atoms with Crippen molar-refractivity contribution >= 4 is 11.8 Å². The molecule has 98 valence electrons. The number of hydrogen-bond acceptors (Lipinski definition) is 5. The summed E-state index contributed by atoms with van der Waals surface area (Å²) in [6, 6.07) is 5.06. The lowest BCUT2D eigenvalue weighted by molar-refractivity contribution is -0.389. The first-order chi connectivity index (χ1) is 9.01. The van der Waals surface area contributed by atoms with Crippen LogP contribution in [0, 0.1) is 17.0 Å². The molecule has 1 aromatic carbocycles. The molecule has 7 nitrogen and oxygen atoms in total. The van der Waals surface area contributed by atoms with E-state index in [4.69, 9.17) is 0 Å². The van der Waals surface area contributed by atoms with Crippen LogP contribution in [0.1, 0.15) is 15.9 Å². The van der Waals surface area contributed by atoms with Crippen LogP contribution in [0.2, 0.25) is 0 Å². The van der Waals surface area contributed by atoms with Crippen LogP contribution in [-0.2, 0) is 4.74 Å². The maximum Gasteiger partial charge on any atom is 0.381 e. The van der Waals surface area contributed by atoms with Crippen LogP contribution in [0.3, 0.4) is 0 Å². The summed E-state index contributed by atoms with van der Waals surface area (Å²) >= 11 is 0. The molecular weight excluding hydrogens is 250 g/mol. The first-order valence-corrected chi connectivity index (χ1v) is 5.40. The Kier molecular flexibility index (Phi) is 3.28. The van der Waals surface area contributed by atoms with Gasteiger partial charge in [0.15, 0.2) is 0 Å². The number of aromatic nitrogens is 2. The second kappa shape index (κ2) is 4.89. The molecule has 0 aliphatic carbocycles. The number of esters is 1. The number of imidazole rings is 1. The Morgan fingerprint density at radius 1 is 1.42 bits per heavy atom. The summed E-state index contributed by atoms with van der Waals surface area (Å²) in [4.78, 5) is 25.2. The van der Waals surface area contributed by atoms with E-state index in [0.717, 1.165) is 5.56 Å². The molecule has 0 unspecified atom stereocenters. The summed E-state index contributed by atoms with van der Waals surface area (Å²) in [5.41, 5.74) is 1.84. The van der Waals surface area contributed by atoms with Crippen LogP contribution >= 0.6 is 0 Å². The molecule has 0 amide bonds. The fourth-order valence-corrected chi connectivity index (χ4v) is 1.70. The van der Waals surface area contributed by atoms with Crippen molar-refractivity contribution < 1.29 is 14.5 Å². The summed E-state index contributed by atoms with van der Waals surface area (Å²) < 4.78 is 6.14. The molecule has 2 aromatic rings. The number of methoxy groups -OCH3 is 1. The Bertz CT molecular complexity index is 648. The predicted octanol–water partition coefficient (Wildman–Crippen LogP) is 1.88. The molecule has 0 saturated heterocycles. The second-order valence-electron chi connectivity index (χ2n) is 3.95. The highest BCUT2D eigenvalue weighted by molar-refractivity contribution is 5.90. The Hall–Kier alpha value is -2.70. The lowest BCUT2D eigenvalue weighted by Crippen LogP contribution is -2.03. The minimum absolute atomic E-state index is 0.249. The summed E-state index contributed by atoms with van der Waals surface area (Å²) in [5.74, 6) is -0.708. The monoisotopic (exact) mass is 261 g/mol. The zero-order valence-corrected chi connectivity index (χ0v) is 10.4. The van der Waals surface area contributed by atoms with Crippen molar-refractivity contribution in [2.75, 3.05) is 7.11 Å². The minimum Gasteiger partial charge on any atom is -0.465 e. The second-order valence-corrected chi connectivity index (χ2v) is 3.95. The van der Waals surface area contributed by atoms with Crippen molar-refractivity contribution in [3.63, 3.8) is 0 Å². The van der Waals surface area contributed by atoms with Crippen LogP contribution < -0.4 is 0 Å². The van der Waals surface area contributed by atoms with E-state index in [1.165, 1.54) is 24.2 Å². The smallest absolute Gasteiger partial charge is 0.381 e. The van der Waals surface area contributed by atoms with E-state index >= 15 is 0 Å². The van der Waals surface area contributed by atoms with Crippen LogP contribution in [0.5, 0.6) is 0 Å². The van der Waals surface area contributed by atoms with Crippen molar-refractivity contribution in [2.24, 2.45) is 0 Å². The van der Waals surface area contributed by atoms with E-state index in [-0.39, 0.29) is 5.82 Å². The van der Waals surface area contributed by atoms with Gasteiger partial charge in [-0.1, -0.05) is 0 Å². The molecule has 2 rings (SSSR count). The Balaban J connectivity index is 2.46. The first-order valence-electron chi connectivity index (χ1n) is 5.40. The Morgan fingerprint density at radius 2 is 2.16 bits per heavy atom. The molecule has 7 heteroatoms. The molecule has 19 heavy (non-hydrogen) atoms. The molecule has 0 aliphatic heterocycles. The van der Waals surface area contributed by atoms with Gasteiger partial charge in [0.25, 0.3) is 0 Å². The number of aryl methyl sites for hydroxylation is 1. The maximum absolute atomic E-state index is 11.5. The summed E-state index contributed by atoms with van der Waals surface area (Å²) in [6.07, 6.45) is 2.61. The van der Waals surface area contributed by atoms with Gasteiger partial charge in [-0.3, -0.25) is 4.57 Å². The molecule has 0 radical (unpaired) electrons. The van der Waals surface area contributed by atoms with Crippen molar-refractivity contribution in [1.82, 2.24) is 9.55 Å². The van der Waals surface area contributed by atoms with Crippen molar-refractivity contribution in [1.29, 1.82) is 0 Å². The van der Waals surface area contributed by atoms with Gasteiger partial charge in [-0.25, -0.2) is 4.79 Å². The van der Waals surface area contributed by atoms with Crippen molar-refractivity contribution in [3.05, 3.63) is 52.0 Å².